The van der Waals surface area contributed by atoms with Gasteiger partial charge >= 0.3 is 5.97 Å². The van der Waals surface area contributed by atoms with E-state index < -0.39 is 0 Å². The minimum atomic E-state index is -0.354. The lowest BCUT2D eigenvalue weighted by atomic mass is 9.66. The number of ether oxygens (including phenoxy) is 3. The summed E-state index contributed by atoms with van der Waals surface area (Å²) < 4.78 is 16.8. The molecule has 0 aromatic heterocycles. The van der Waals surface area contributed by atoms with Gasteiger partial charge in [0.15, 0.2) is 5.79 Å². The first-order valence-electron chi connectivity index (χ1n) is 7.35. The van der Waals surface area contributed by atoms with Crippen LogP contribution in [0.25, 0.3) is 0 Å². The van der Waals surface area contributed by atoms with Gasteiger partial charge in [0.2, 0.25) is 0 Å². The van der Waals surface area contributed by atoms with E-state index in [0.29, 0.717) is 19.8 Å². The number of carbonyl (C=O) groups is 1. The molecule has 0 radical (unpaired) electrons. The van der Waals surface area contributed by atoms with E-state index in [1.165, 1.54) is 0 Å². The molecule has 0 amide bonds. The molecule has 19 heavy (non-hydrogen) atoms. The molecule has 3 aliphatic rings. The number of hydrogen-bond acceptors (Lipinski definition) is 5. The average Bonchev–Trinajstić information content (AvgIpc) is 3.01. The summed E-state index contributed by atoms with van der Waals surface area (Å²) in [6.07, 6.45) is 3.74. The van der Waals surface area contributed by atoms with Crippen LogP contribution in [-0.4, -0.2) is 44.7 Å². The third kappa shape index (κ3) is 2.28. The van der Waals surface area contributed by atoms with E-state index in [1.54, 1.807) is 0 Å². The second-order valence-corrected chi connectivity index (χ2v) is 5.91. The highest BCUT2D eigenvalue weighted by Gasteiger charge is 2.53. The van der Waals surface area contributed by atoms with Crippen molar-refractivity contribution in [3.63, 3.8) is 0 Å². The van der Waals surface area contributed by atoms with E-state index >= 15 is 0 Å². The van der Waals surface area contributed by atoms with Crippen molar-refractivity contribution in [2.45, 2.75) is 38.4 Å². The van der Waals surface area contributed by atoms with Crippen LogP contribution in [0.1, 0.15) is 32.6 Å². The lowest BCUT2D eigenvalue weighted by Gasteiger charge is -2.43. The molecule has 0 aromatic rings. The van der Waals surface area contributed by atoms with Crippen LogP contribution in [0.15, 0.2) is 0 Å². The van der Waals surface area contributed by atoms with Crippen LogP contribution in [-0.2, 0) is 19.0 Å². The molecule has 3 fully saturated rings. The van der Waals surface area contributed by atoms with E-state index in [2.05, 4.69) is 5.32 Å². The van der Waals surface area contributed by atoms with Crippen LogP contribution >= 0.6 is 0 Å². The van der Waals surface area contributed by atoms with Gasteiger partial charge in [-0.15, -0.1) is 0 Å². The monoisotopic (exact) mass is 269 g/mol. The summed E-state index contributed by atoms with van der Waals surface area (Å²) in [6.45, 7) is 5.38. The smallest absolute Gasteiger partial charge is 0.310 e. The van der Waals surface area contributed by atoms with Gasteiger partial charge in [-0.25, -0.2) is 0 Å². The van der Waals surface area contributed by atoms with Crippen LogP contribution in [0.5, 0.6) is 0 Å². The maximum atomic E-state index is 12.1. The maximum absolute atomic E-state index is 12.1. The highest BCUT2D eigenvalue weighted by Crippen LogP contribution is 2.50. The molecule has 2 aliphatic heterocycles. The average molecular weight is 269 g/mol. The predicted octanol–water partition coefficient (Wildman–Crippen LogP) is 1.07. The van der Waals surface area contributed by atoms with Gasteiger partial charge in [-0.1, -0.05) is 0 Å². The van der Waals surface area contributed by atoms with E-state index in [4.69, 9.17) is 14.2 Å². The molecule has 2 heterocycles. The zero-order chi connectivity index (χ0) is 13.3. The summed E-state index contributed by atoms with van der Waals surface area (Å²) in [5, 5.41) is 3.37. The molecule has 3 rings (SSSR count). The largest absolute Gasteiger partial charge is 0.466 e. The quantitative estimate of drug-likeness (QED) is 0.760. The fourth-order valence-electron chi connectivity index (χ4n) is 3.82. The highest BCUT2D eigenvalue weighted by molar-refractivity contribution is 5.74. The SMILES string of the molecule is CCOC(=O)C1CNCC12CCC1(CC2)OCCO1. The third-order valence-corrected chi connectivity index (χ3v) is 4.96. The summed E-state index contributed by atoms with van der Waals surface area (Å²) in [4.78, 5) is 12.1. The molecule has 108 valence electrons. The first kappa shape index (κ1) is 13.3. The Morgan fingerprint density at radius 2 is 1.95 bits per heavy atom. The zero-order valence-corrected chi connectivity index (χ0v) is 11.6. The molecule has 1 atom stereocenters. The Kier molecular flexibility index (Phi) is 3.53. The number of esters is 1. The molecule has 5 heteroatoms. The van der Waals surface area contributed by atoms with Gasteiger partial charge < -0.3 is 19.5 Å². The van der Waals surface area contributed by atoms with Crippen LogP contribution in [0, 0.1) is 11.3 Å². The van der Waals surface area contributed by atoms with Crippen molar-refractivity contribution in [2.75, 3.05) is 32.9 Å². The number of hydrogen-bond donors (Lipinski definition) is 1. The fraction of sp³-hybridized carbons (Fsp3) is 0.929. The Morgan fingerprint density at radius 3 is 2.58 bits per heavy atom. The van der Waals surface area contributed by atoms with Crippen molar-refractivity contribution in [1.82, 2.24) is 5.32 Å². The maximum Gasteiger partial charge on any atom is 0.310 e. The Balaban J connectivity index is 1.68. The molecule has 1 aliphatic carbocycles. The molecular formula is C14H23NO4. The topological polar surface area (TPSA) is 56.8 Å². The molecule has 1 N–H and O–H groups in total. The van der Waals surface area contributed by atoms with Gasteiger partial charge in [0.05, 0.1) is 25.7 Å². The Bertz CT molecular complexity index is 341. The Labute approximate surface area is 114 Å². The number of rotatable bonds is 2. The van der Waals surface area contributed by atoms with Gasteiger partial charge in [-0.05, 0) is 25.2 Å². The van der Waals surface area contributed by atoms with Gasteiger partial charge in [0.25, 0.3) is 0 Å². The summed E-state index contributed by atoms with van der Waals surface area (Å²) in [5.41, 5.74) is 0.0484. The Hall–Kier alpha value is -0.650. The molecule has 2 saturated heterocycles. The molecule has 0 aromatic carbocycles. The summed E-state index contributed by atoms with van der Waals surface area (Å²) in [7, 11) is 0. The summed E-state index contributed by atoms with van der Waals surface area (Å²) in [6, 6.07) is 0. The van der Waals surface area contributed by atoms with Crippen LogP contribution in [0.4, 0.5) is 0 Å². The van der Waals surface area contributed by atoms with Crippen LogP contribution in [0.2, 0.25) is 0 Å². The van der Waals surface area contributed by atoms with Gasteiger partial charge in [0.1, 0.15) is 0 Å². The van der Waals surface area contributed by atoms with Gasteiger partial charge in [-0.2, -0.15) is 0 Å². The molecule has 1 unspecified atom stereocenters. The standard InChI is InChI=1S/C14H23NO4/c1-2-17-12(16)11-9-15-10-13(11)3-5-14(6-4-13)18-7-8-19-14/h11,15H,2-10H2,1H3. The van der Waals surface area contributed by atoms with Crippen molar-refractivity contribution in [2.24, 2.45) is 11.3 Å². The van der Waals surface area contributed by atoms with E-state index in [0.717, 1.165) is 38.8 Å². The van der Waals surface area contributed by atoms with Crippen LogP contribution in [0.3, 0.4) is 0 Å². The summed E-state index contributed by atoms with van der Waals surface area (Å²) in [5.74, 6) is -0.407. The molecule has 5 nitrogen and oxygen atoms in total. The van der Waals surface area contributed by atoms with Gasteiger partial charge in [-0.3, -0.25) is 4.79 Å². The predicted molar refractivity (Wildman–Crippen MR) is 68.5 cm³/mol. The van der Waals surface area contributed by atoms with E-state index in [9.17, 15) is 4.79 Å². The highest BCUT2D eigenvalue weighted by atomic mass is 16.7. The minimum absolute atomic E-state index is 0.00815. The Morgan fingerprint density at radius 1 is 1.26 bits per heavy atom. The normalized spacial score (nSPS) is 31.9. The lowest BCUT2D eigenvalue weighted by molar-refractivity contribution is -0.196. The lowest BCUT2D eigenvalue weighted by Crippen LogP contribution is -2.45. The molecular weight excluding hydrogens is 246 g/mol. The van der Waals surface area contributed by atoms with Crippen molar-refractivity contribution in [3.8, 4) is 0 Å². The van der Waals surface area contributed by atoms with Crippen molar-refractivity contribution < 1.29 is 19.0 Å². The zero-order valence-electron chi connectivity index (χ0n) is 11.6. The third-order valence-electron chi connectivity index (χ3n) is 4.96. The number of nitrogens with one attached hydrogen (secondary N) is 1. The van der Waals surface area contributed by atoms with E-state index in [1.807, 2.05) is 6.92 Å². The first-order valence-corrected chi connectivity index (χ1v) is 7.35. The number of carbonyl (C=O) groups excluding carboxylic acids is 1. The summed E-state index contributed by atoms with van der Waals surface area (Å²) >= 11 is 0. The van der Waals surface area contributed by atoms with Crippen molar-refractivity contribution >= 4 is 5.97 Å². The fourth-order valence-corrected chi connectivity index (χ4v) is 3.82. The van der Waals surface area contributed by atoms with E-state index in [-0.39, 0.29) is 23.1 Å². The van der Waals surface area contributed by atoms with Crippen LogP contribution < -0.4 is 5.32 Å². The second-order valence-electron chi connectivity index (χ2n) is 5.91. The second kappa shape index (κ2) is 5.04. The molecule has 2 spiro atoms. The van der Waals surface area contributed by atoms with Gasteiger partial charge in [0, 0.05) is 25.9 Å². The molecule has 0 bridgehead atoms. The van der Waals surface area contributed by atoms with Crippen molar-refractivity contribution in [3.05, 3.63) is 0 Å². The first-order chi connectivity index (χ1) is 9.20. The molecule has 1 saturated carbocycles. The van der Waals surface area contributed by atoms with Crippen molar-refractivity contribution in [1.29, 1.82) is 0 Å². The minimum Gasteiger partial charge on any atom is -0.466 e.